The van der Waals surface area contributed by atoms with E-state index in [0.29, 0.717) is 6.42 Å². The minimum absolute atomic E-state index is 0.111. The van der Waals surface area contributed by atoms with Crippen molar-refractivity contribution in [2.24, 2.45) is 0 Å². The number of benzene rings is 1. The molecule has 0 bridgehead atoms. The number of alkyl halides is 1. The molecule has 1 aliphatic rings. The lowest BCUT2D eigenvalue weighted by Crippen LogP contribution is -2.38. The minimum Gasteiger partial charge on any atom is -0.464 e. The Morgan fingerprint density at radius 3 is 2.75 bits per heavy atom. The number of terminal acetylenes is 1. The Morgan fingerprint density at radius 2 is 2.11 bits per heavy atom. The molecular formula is C23H27FN3O8P. The molecule has 0 saturated carbocycles. The number of para-hydroxylation sites is 1. The summed E-state index contributed by atoms with van der Waals surface area (Å²) in [6.45, 7) is 2.70. The van der Waals surface area contributed by atoms with Crippen LogP contribution < -0.4 is 20.9 Å². The molecule has 1 aliphatic heterocycles. The molecule has 194 valence electrons. The first-order valence-electron chi connectivity index (χ1n) is 11.1. The fraction of sp³-hybridized carbons (Fsp3) is 0.435. The van der Waals surface area contributed by atoms with Crippen LogP contribution in [-0.2, 0) is 23.4 Å². The number of aromatic nitrogens is 2. The van der Waals surface area contributed by atoms with Crippen LogP contribution in [0.3, 0.4) is 0 Å². The van der Waals surface area contributed by atoms with Crippen molar-refractivity contribution >= 4 is 13.7 Å². The molecule has 5 atom stereocenters. The zero-order valence-electron chi connectivity index (χ0n) is 19.7. The molecular weight excluding hydrogens is 496 g/mol. The number of H-pyrrole nitrogens is 1. The average Bonchev–Trinajstić information content (AvgIpc) is 3.14. The highest BCUT2D eigenvalue weighted by molar-refractivity contribution is 7.52. The summed E-state index contributed by atoms with van der Waals surface area (Å²) in [4.78, 5) is 37.8. The molecule has 36 heavy (non-hydrogen) atoms. The van der Waals surface area contributed by atoms with Gasteiger partial charge in [0.1, 0.15) is 5.75 Å². The summed E-state index contributed by atoms with van der Waals surface area (Å²) in [5.41, 5.74) is -3.51. The Balaban J connectivity index is 1.77. The van der Waals surface area contributed by atoms with E-state index in [1.54, 1.807) is 25.1 Å². The Morgan fingerprint density at radius 1 is 1.39 bits per heavy atom. The molecule has 1 aromatic heterocycles. The topological polar surface area (TPSA) is 138 Å². The van der Waals surface area contributed by atoms with Crippen LogP contribution in [0.2, 0.25) is 0 Å². The van der Waals surface area contributed by atoms with Crippen LogP contribution >= 0.6 is 7.75 Å². The molecule has 0 unspecified atom stereocenters. The van der Waals surface area contributed by atoms with E-state index >= 15 is 4.39 Å². The number of halogens is 1. The fourth-order valence-corrected chi connectivity index (χ4v) is 4.92. The number of hydrogen-bond donors (Lipinski definition) is 2. The van der Waals surface area contributed by atoms with Crippen LogP contribution in [0.1, 0.15) is 32.9 Å². The molecule has 13 heteroatoms. The number of esters is 1. The van der Waals surface area contributed by atoms with E-state index in [1.807, 2.05) is 4.98 Å². The quantitative estimate of drug-likeness (QED) is 0.258. The fourth-order valence-electron chi connectivity index (χ4n) is 3.48. The van der Waals surface area contributed by atoms with Crippen LogP contribution in [0.4, 0.5) is 4.39 Å². The summed E-state index contributed by atoms with van der Waals surface area (Å²) in [7, 11) is -4.31. The summed E-state index contributed by atoms with van der Waals surface area (Å²) in [6.07, 6.45) is 4.54. The van der Waals surface area contributed by atoms with Crippen molar-refractivity contribution in [2.45, 2.75) is 50.7 Å². The van der Waals surface area contributed by atoms with E-state index in [-0.39, 0.29) is 18.8 Å². The second kappa shape index (κ2) is 11.7. The zero-order valence-corrected chi connectivity index (χ0v) is 20.6. The third-order valence-electron chi connectivity index (χ3n) is 5.10. The molecule has 1 aromatic carbocycles. The lowest BCUT2D eigenvalue weighted by Gasteiger charge is -2.24. The van der Waals surface area contributed by atoms with E-state index < -0.39 is 55.6 Å². The third kappa shape index (κ3) is 6.92. The van der Waals surface area contributed by atoms with Gasteiger partial charge in [-0.05, 0) is 25.5 Å². The summed E-state index contributed by atoms with van der Waals surface area (Å²) in [5.74, 6) is 1.47. The largest absolute Gasteiger partial charge is 0.464 e. The molecule has 0 aliphatic carbocycles. The molecule has 0 radical (unpaired) electrons. The van der Waals surface area contributed by atoms with Gasteiger partial charge in [0, 0.05) is 18.7 Å². The highest BCUT2D eigenvalue weighted by Gasteiger charge is 2.48. The highest BCUT2D eigenvalue weighted by atomic mass is 31.2. The summed E-state index contributed by atoms with van der Waals surface area (Å²) in [5, 5.41) is 2.40. The number of hydrogen-bond acceptors (Lipinski definition) is 8. The van der Waals surface area contributed by atoms with Crippen LogP contribution in [0.15, 0.2) is 52.2 Å². The molecule has 2 aromatic rings. The van der Waals surface area contributed by atoms with Crippen molar-refractivity contribution in [3.05, 3.63) is 63.4 Å². The summed E-state index contributed by atoms with van der Waals surface area (Å²) in [6, 6.07) is 7.63. The number of carbonyl (C=O) groups is 1. The molecule has 1 saturated heterocycles. The monoisotopic (exact) mass is 523 g/mol. The van der Waals surface area contributed by atoms with Crippen LogP contribution in [0.25, 0.3) is 0 Å². The lowest BCUT2D eigenvalue weighted by molar-refractivity contribution is -0.144. The van der Waals surface area contributed by atoms with Gasteiger partial charge in [-0.3, -0.25) is 18.9 Å². The average molecular weight is 523 g/mol. The first-order valence-corrected chi connectivity index (χ1v) is 12.7. The number of ether oxygens (including phenoxy) is 2. The van der Waals surface area contributed by atoms with Crippen molar-refractivity contribution < 1.29 is 32.3 Å². The third-order valence-corrected chi connectivity index (χ3v) is 6.62. The van der Waals surface area contributed by atoms with Gasteiger partial charge in [-0.25, -0.2) is 18.5 Å². The van der Waals surface area contributed by atoms with Gasteiger partial charge in [-0.1, -0.05) is 31.0 Å². The lowest BCUT2D eigenvalue weighted by atomic mass is 10.0. The van der Waals surface area contributed by atoms with Crippen LogP contribution in [0.5, 0.6) is 5.75 Å². The number of rotatable bonds is 11. The molecule has 2 N–H and O–H groups in total. The van der Waals surface area contributed by atoms with Crippen molar-refractivity contribution in [3.8, 4) is 18.1 Å². The summed E-state index contributed by atoms with van der Waals surface area (Å²) < 4.78 is 51.5. The SMILES string of the molecule is C#C[C@H](N[P@](=O)(OC[C@@H]1C[C@@](C)(F)[C@H](n2ccc(=O)[nH]c2=O)O1)Oc1ccccc1)C(=O)OCCC. The van der Waals surface area contributed by atoms with Gasteiger partial charge in [0.15, 0.2) is 17.9 Å². The van der Waals surface area contributed by atoms with Crippen molar-refractivity contribution in [2.75, 3.05) is 13.2 Å². The van der Waals surface area contributed by atoms with Crippen molar-refractivity contribution in [1.29, 1.82) is 0 Å². The van der Waals surface area contributed by atoms with Gasteiger partial charge < -0.3 is 14.0 Å². The van der Waals surface area contributed by atoms with Gasteiger partial charge in [-0.15, -0.1) is 6.42 Å². The number of carbonyl (C=O) groups excluding carboxylic acids is 1. The Kier molecular flexibility index (Phi) is 8.87. The van der Waals surface area contributed by atoms with Crippen molar-refractivity contribution in [3.63, 3.8) is 0 Å². The Bertz CT molecular complexity index is 1260. The predicted octanol–water partition coefficient (Wildman–Crippen LogP) is 2.30. The zero-order chi connectivity index (χ0) is 26.3. The molecule has 11 nitrogen and oxygen atoms in total. The Hall–Kier alpha value is -3.23. The number of nitrogens with zero attached hydrogens (tertiary/aromatic N) is 1. The van der Waals surface area contributed by atoms with Gasteiger partial charge in [0.25, 0.3) is 5.56 Å². The van der Waals surface area contributed by atoms with E-state index in [2.05, 4.69) is 11.0 Å². The molecule has 2 heterocycles. The van der Waals surface area contributed by atoms with Gasteiger partial charge in [-0.2, -0.15) is 5.09 Å². The van der Waals surface area contributed by atoms with Gasteiger partial charge >= 0.3 is 19.4 Å². The normalized spacial score (nSPS) is 23.8. The predicted molar refractivity (Wildman–Crippen MR) is 127 cm³/mol. The maximum Gasteiger partial charge on any atom is 0.460 e. The van der Waals surface area contributed by atoms with E-state index in [9.17, 15) is 18.9 Å². The second-order valence-electron chi connectivity index (χ2n) is 8.20. The molecule has 0 spiro atoms. The maximum atomic E-state index is 15.3. The first kappa shape index (κ1) is 27.4. The van der Waals surface area contributed by atoms with Gasteiger partial charge in [0.05, 0.1) is 19.3 Å². The molecule has 0 amide bonds. The smallest absolute Gasteiger partial charge is 0.460 e. The molecule has 3 rings (SSSR count). The standard InChI is InChI=1S/C23H27FN3O8P/c1-4-13-32-20(29)18(5-2)26-36(31,35-16-9-7-6-8-10-16)33-15-17-14-23(3,24)21(34-17)27-12-11-19(28)25-22(27)30/h2,6-12,17-18,21H,4,13-15H2,1,3H3,(H,26,31)(H,25,28,30)/t17-,18-,21+,23+,36-/m0/s1. The highest BCUT2D eigenvalue weighted by Crippen LogP contribution is 2.47. The minimum atomic E-state index is -4.31. The van der Waals surface area contributed by atoms with Gasteiger partial charge in [0.2, 0.25) is 0 Å². The Labute approximate surface area is 206 Å². The first-order chi connectivity index (χ1) is 17.1. The number of nitrogens with one attached hydrogen (secondary N) is 2. The maximum absolute atomic E-state index is 15.3. The van der Waals surface area contributed by atoms with Crippen LogP contribution in [0, 0.1) is 12.3 Å². The van der Waals surface area contributed by atoms with Crippen molar-refractivity contribution in [1.82, 2.24) is 14.6 Å². The van der Waals surface area contributed by atoms with E-state index in [4.69, 9.17) is 24.9 Å². The van der Waals surface area contributed by atoms with Crippen LogP contribution in [-0.4, -0.2) is 46.5 Å². The second-order valence-corrected chi connectivity index (χ2v) is 9.90. The van der Waals surface area contributed by atoms with E-state index in [1.165, 1.54) is 19.1 Å². The molecule has 1 fully saturated rings. The summed E-state index contributed by atoms with van der Waals surface area (Å²) >= 11 is 0. The van der Waals surface area contributed by atoms with E-state index in [0.717, 1.165) is 16.8 Å². The number of aromatic amines is 1.